The molecular weight excluding hydrogens is 318 g/mol. The Morgan fingerprint density at radius 3 is 2.96 bits per heavy atom. The van der Waals surface area contributed by atoms with Gasteiger partial charge in [-0.2, -0.15) is 0 Å². The molecule has 1 atom stereocenters. The van der Waals surface area contributed by atoms with Crippen molar-refractivity contribution in [1.82, 2.24) is 25.2 Å². The van der Waals surface area contributed by atoms with E-state index in [1.54, 1.807) is 28.0 Å². The van der Waals surface area contributed by atoms with Crippen LogP contribution in [0, 0.1) is 5.92 Å². The van der Waals surface area contributed by atoms with E-state index < -0.39 is 6.04 Å². The molecule has 2 amide bonds. The minimum absolute atomic E-state index is 0.0559. The molecule has 1 aliphatic heterocycles. The summed E-state index contributed by atoms with van der Waals surface area (Å²) in [5, 5.41) is 10.6. The van der Waals surface area contributed by atoms with E-state index in [4.69, 9.17) is 0 Å². The third-order valence-electron chi connectivity index (χ3n) is 4.36. The molecule has 1 aromatic carbocycles. The number of carbonyl (C=O) groups excluding carboxylic acids is 2. The lowest BCUT2D eigenvalue weighted by molar-refractivity contribution is -0.126. The monoisotopic (exact) mass is 341 g/mol. The van der Waals surface area contributed by atoms with Gasteiger partial charge >= 0.3 is 0 Å². The van der Waals surface area contributed by atoms with Gasteiger partial charge in [0.2, 0.25) is 5.91 Å². The molecule has 1 unspecified atom stereocenters. The van der Waals surface area contributed by atoms with Crippen LogP contribution in [0.3, 0.4) is 0 Å². The van der Waals surface area contributed by atoms with Crippen LogP contribution in [0.1, 0.15) is 36.2 Å². The van der Waals surface area contributed by atoms with Gasteiger partial charge in [0.15, 0.2) is 0 Å². The number of nitrogens with zero attached hydrogens (tertiary/aromatic N) is 4. The highest BCUT2D eigenvalue weighted by molar-refractivity contribution is 5.98. The number of rotatable bonds is 4. The number of nitrogens with one attached hydrogen (secondary N) is 1. The van der Waals surface area contributed by atoms with Crippen molar-refractivity contribution in [2.75, 3.05) is 13.1 Å². The Morgan fingerprint density at radius 1 is 1.40 bits per heavy atom. The second-order valence-corrected chi connectivity index (χ2v) is 6.63. The summed E-state index contributed by atoms with van der Waals surface area (Å²) in [5.74, 6) is -0.115. The summed E-state index contributed by atoms with van der Waals surface area (Å²) in [6.45, 7) is 5.68. The van der Waals surface area contributed by atoms with Crippen molar-refractivity contribution in [3.8, 4) is 0 Å². The molecule has 7 heteroatoms. The van der Waals surface area contributed by atoms with Gasteiger partial charge < -0.3 is 10.2 Å². The van der Waals surface area contributed by atoms with Crippen molar-refractivity contribution in [1.29, 1.82) is 0 Å². The van der Waals surface area contributed by atoms with Crippen LogP contribution >= 0.6 is 0 Å². The van der Waals surface area contributed by atoms with Crippen molar-refractivity contribution in [2.24, 2.45) is 5.92 Å². The number of amides is 2. The van der Waals surface area contributed by atoms with Gasteiger partial charge in [-0.3, -0.25) is 9.59 Å². The predicted octanol–water partition coefficient (Wildman–Crippen LogP) is 1.31. The van der Waals surface area contributed by atoms with Gasteiger partial charge in [-0.1, -0.05) is 31.2 Å². The second kappa shape index (κ2) is 7.46. The van der Waals surface area contributed by atoms with E-state index in [0.29, 0.717) is 25.2 Å². The van der Waals surface area contributed by atoms with Gasteiger partial charge in [0, 0.05) is 24.8 Å². The van der Waals surface area contributed by atoms with Crippen LogP contribution in [-0.4, -0.2) is 50.8 Å². The van der Waals surface area contributed by atoms with Crippen molar-refractivity contribution in [3.05, 3.63) is 47.8 Å². The number of aromatic nitrogens is 3. The third-order valence-corrected chi connectivity index (χ3v) is 4.36. The first-order chi connectivity index (χ1) is 12.1. The van der Waals surface area contributed by atoms with Crippen LogP contribution < -0.4 is 5.32 Å². The van der Waals surface area contributed by atoms with E-state index in [0.717, 1.165) is 12.0 Å². The molecule has 1 N–H and O–H groups in total. The Morgan fingerprint density at radius 2 is 2.24 bits per heavy atom. The highest BCUT2D eigenvalue weighted by atomic mass is 16.2. The van der Waals surface area contributed by atoms with Crippen molar-refractivity contribution >= 4 is 11.8 Å². The quantitative estimate of drug-likeness (QED) is 0.909. The second-order valence-electron chi connectivity index (χ2n) is 6.63. The van der Waals surface area contributed by atoms with E-state index in [1.165, 1.54) is 0 Å². The molecule has 132 valence electrons. The highest BCUT2D eigenvalue weighted by Crippen LogP contribution is 2.18. The van der Waals surface area contributed by atoms with Gasteiger partial charge in [-0.15, -0.1) is 5.10 Å². The van der Waals surface area contributed by atoms with Gasteiger partial charge in [-0.05, 0) is 30.0 Å². The number of hydrogen-bond donors (Lipinski definition) is 1. The fourth-order valence-corrected chi connectivity index (χ4v) is 3.21. The zero-order valence-electron chi connectivity index (χ0n) is 14.6. The van der Waals surface area contributed by atoms with Crippen LogP contribution in [0.25, 0.3) is 0 Å². The molecule has 0 bridgehead atoms. The van der Waals surface area contributed by atoms with E-state index in [9.17, 15) is 9.59 Å². The molecule has 0 radical (unpaired) electrons. The molecule has 25 heavy (non-hydrogen) atoms. The van der Waals surface area contributed by atoms with Crippen molar-refractivity contribution in [3.63, 3.8) is 0 Å². The van der Waals surface area contributed by atoms with E-state index in [2.05, 4.69) is 15.6 Å². The molecule has 3 rings (SSSR count). The minimum Gasteiger partial charge on any atom is -0.354 e. The Hall–Kier alpha value is -2.70. The maximum absolute atomic E-state index is 13.1. The SMILES string of the molecule is CC(C)C1C(=O)NCCCN1C(=O)c1cccc(Cn2ccnn2)c1. The average Bonchev–Trinajstić information content (AvgIpc) is 3.01. The highest BCUT2D eigenvalue weighted by Gasteiger charge is 2.34. The molecule has 1 aromatic heterocycles. The first kappa shape index (κ1) is 17.1. The lowest BCUT2D eigenvalue weighted by atomic mass is 10.00. The van der Waals surface area contributed by atoms with Crippen molar-refractivity contribution < 1.29 is 9.59 Å². The van der Waals surface area contributed by atoms with Crippen LogP contribution in [-0.2, 0) is 11.3 Å². The molecule has 1 aliphatic rings. The average molecular weight is 341 g/mol. The molecule has 0 aliphatic carbocycles. The van der Waals surface area contributed by atoms with Gasteiger partial charge in [0.25, 0.3) is 5.91 Å². The van der Waals surface area contributed by atoms with E-state index in [1.807, 2.05) is 32.0 Å². The molecule has 0 saturated carbocycles. The Balaban J connectivity index is 1.84. The molecule has 1 saturated heterocycles. The molecule has 2 aromatic rings. The smallest absolute Gasteiger partial charge is 0.254 e. The standard InChI is InChI=1S/C18H23N5O2/c1-13(2)16-17(24)19-7-4-9-23(16)18(25)15-6-3-5-14(11-15)12-22-10-8-20-21-22/h3,5-6,8,10-11,13,16H,4,7,9,12H2,1-2H3,(H,19,24). The Kier molecular flexibility index (Phi) is 5.11. The summed E-state index contributed by atoms with van der Waals surface area (Å²) in [4.78, 5) is 27.1. The number of carbonyl (C=O) groups is 2. The Bertz CT molecular complexity index is 742. The van der Waals surface area contributed by atoms with Crippen molar-refractivity contribution in [2.45, 2.75) is 32.9 Å². The predicted molar refractivity (Wildman–Crippen MR) is 92.9 cm³/mol. The lowest BCUT2D eigenvalue weighted by Gasteiger charge is -2.31. The minimum atomic E-state index is -0.436. The molecule has 1 fully saturated rings. The summed E-state index contributed by atoms with van der Waals surface area (Å²) in [7, 11) is 0. The first-order valence-corrected chi connectivity index (χ1v) is 8.58. The summed E-state index contributed by atoms with van der Waals surface area (Å²) < 4.78 is 1.71. The topological polar surface area (TPSA) is 80.1 Å². The van der Waals surface area contributed by atoms with Crippen LogP contribution in [0.5, 0.6) is 0 Å². The zero-order valence-corrected chi connectivity index (χ0v) is 14.6. The fraction of sp³-hybridized carbons (Fsp3) is 0.444. The van der Waals surface area contributed by atoms with Crippen LogP contribution in [0.4, 0.5) is 0 Å². The van der Waals surface area contributed by atoms with Crippen LogP contribution in [0.15, 0.2) is 36.7 Å². The van der Waals surface area contributed by atoms with Crippen LogP contribution in [0.2, 0.25) is 0 Å². The maximum Gasteiger partial charge on any atom is 0.254 e. The van der Waals surface area contributed by atoms with Gasteiger partial charge in [0.1, 0.15) is 6.04 Å². The van der Waals surface area contributed by atoms with Gasteiger partial charge in [-0.25, -0.2) is 4.68 Å². The maximum atomic E-state index is 13.1. The summed E-state index contributed by atoms with van der Waals surface area (Å²) in [6.07, 6.45) is 4.17. The fourth-order valence-electron chi connectivity index (χ4n) is 3.21. The third kappa shape index (κ3) is 3.87. The van der Waals surface area contributed by atoms with Gasteiger partial charge in [0.05, 0.1) is 12.7 Å². The molecule has 2 heterocycles. The molecule has 7 nitrogen and oxygen atoms in total. The number of benzene rings is 1. The largest absolute Gasteiger partial charge is 0.354 e. The summed E-state index contributed by atoms with van der Waals surface area (Å²) in [6, 6.07) is 7.04. The summed E-state index contributed by atoms with van der Waals surface area (Å²) in [5.41, 5.74) is 1.56. The normalized spacial score (nSPS) is 18.1. The van der Waals surface area contributed by atoms with E-state index >= 15 is 0 Å². The molecular formula is C18H23N5O2. The summed E-state index contributed by atoms with van der Waals surface area (Å²) >= 11 is 0. The van der Waals surface area contributed by atoms with E-state index in [-0.39, 0.29) is 17.7 Å². The Labute approximate surface area is 147 Å². The first-order valence-electron chi connectivity index (χ1n) is 8.58. The lowest BCUT2D eigenvalue weighted by Crippen LogP contribution is -2.50. The number of hydrogen-bond acceptors (Lipinski definition) is 4. The molecule has 0 spiro atoms. The zero-order chi connectivity index (χ0) is 17.8.